The Kier molecular flexibility index (Phi) is 7.32. The minimum Gasteiger partial charge on any atom is -0.483 e. The summed E-state index contributed by atoms with van der Waals surface area (Å²) in [6, 6.07) is 4.18. The zero-order valence-corrected chi connectivity index (χ0v) is 22.7. The lowest BCUT2D eigenvalue weighted by Gasteiger charge is -2.20. The number of benzene rings is 2. The zero-order chi connectivity index (χ0) is 29.8. The summed E-state index contributed by atoms with van der Waals surface area (Å²) >= 11 is 0. The molecule has 15 heteroatoms. The Hall–Kier alpha value is -3.75. The lowest BCUT2D eigenvalue weighted by atomic mass is 9.98. The number of hydrogen-bond donors (Lipinski definition) is 2. The lowest BCUT2D eigenvalue weighted by Crippen LogP contribution is -2.28. The van der Waals surface area contributed by atoms with Crippen LogP contribution in [0.3, 0.4) is 0 Å². The number of aromatic nitrogens is 2. The Labute approximate surface area is 226 Å². The van der Waals surface area contributed by atoms with E-state index in [9.17, 15) is 35.2 Å². The first-order valence-corrected chi connectivity index (χ1v) is 13.3. The predicted octanol–water partition coefficient (Wildman–Crippen LogP) is 5.95. The third kappa shape index (κ3) is 5.88. The highest BCUT2D eigenvalue weighted by atomic mass is 32.2. The second-order valence-electron chi connectivity index (χ2n) is 9.96. The van der Waals surface area contributed by atoms with Crippen LogP contribution in [-0.2, 0) is 21.3 Å². The third-order valence-electron chi connectivity index (χ3n) is 5.98. The molecule has 216 valence electrons. The lowest BCUT2D eigenvalue weighted by molar-refractivity contribution is -0.114. The molecule has 0 saturated heterocycles. The number of carbonyl (C=O) groups excluding carboxylic acids is 1. The first-order valence-electron chi connectivity index (χ1n) is 11.9. The maximum atomic E-state index is 13.6. The average molecular weight is 589 g/mol. The monoisotopic (exact) mass is 588 g/mol. The van der Waals surface area contributed by atoms with Crippen LogP contribution in [0.5, 0.6) is 11.5 Å². The predicted molar refractivity (Wildman–Crippen MR) is 136 cm³/mol. The van der Waals surface area contributed by atoms with Gasteiger partial charge < -0.3 is 19.6 Å². The molecular formula is C25H25F5N4O5S. The molecule has 2 aromatic carbocycles. The molecule has 2 heterocycles. The van der Waals surface area contributed by atoms with Crippen LogP contribution in [-0.4, -0.2) is 35.4 Å². The van der Waals surface area contributed by atoms with E-state index in [0.717, 1.165) is 12.1 Å². The van der Waals surface area contributed by atoms with Crippen molar-refractivity contribution in [2.45, 2.75) is 64.6 Å². The summed E-state index contributed by atoms with van der Waals surface area (Å²) in [4.78, 5) is 20.3. The summed E-state index contributed by atoms with van der Waals surface area (Å²) in [5, 5.41) is 5.64. The molecule has 1 aliphatic heterocycles. The topological polar surface area (TPSA) is 120 Å². The Balaban J connectivity index is 1.85. The van der Waals surface area contributed by atoms with E-state index >= 15 is 0 Å². The van der Waals surface area contributed by atoms with Gasteiger partial charge in [0, 0.05) is 35.5 Å². The number of hydrogen-bond acceptors (Lipinski definition) is 8. The summed E-state index contributed by atoms with van der Waals surface area (Å²) in [5.74, 6) is -0.991. The van der Waals surface area contributed by atoms with Crippen molar-refractivity contribution in [1.82, 2.24) is 9.97 Å². The largest absolute Gasteiger partial charge is 0.534 e. The van der Waals surface area contributed by atoms with Crippen LogP contribution in [0.15, 0.2) is 24.3 Å². The third-order valence-corrected chi connectivity index (χ3v) is 6.95. The van der Waals surface area contributed by atoms with Crippen molar-refractivity contribution in [1.29, 1.82) is 0 Å². The van der Waals surface area contributed by atoms with Gasteiger partial charge in [-0.3, -0.25) is 4.79 Å². The van der Waals surface area contributed by atoms with Gasteiger partial charge in [0.15, 0.2) is 11.5 Å². The van der Waals surface area contributed by atoms with Gasteiger partial charge in [-0.25, -0.2) is 18.7 Å². The fraction of sp³-hybridized carbons (Fsp3) is 0.400. The van der Waals surface area contributed by atoms with Crippen molar-refractivity contribution in [3.05, 3.63) is 46.8 Å². The van der Waals surface area contributed by atoms with E-state index in [1.165, 1.54) is 19.1 Å². The zero-order valence-electron chi connectivity index (χ0n) is 21.9. The van der Waals surface area contributed by atoms with Crippen LogP contribution in [0.4, 0.5) is 33.5 Å². The van der Waals surface area contributed by atoms with E-state index < -0.39 is 45.4 Å². The molecule has 0 aliphatic carbocycles. The van der Waals surface area contributed by atoms with Crippen LogP contribution in [0, 0.1) is 6.92 Å². The highest BCUT2D eigenvalue weighted by molar-refractivity contribution is 7.88. The van der Waals surface area contributed by atoms with Gasteiger partial charge in [0.05, 0.1) is 11.6 Å². The quantitative estimate of drug-likeness (QED) is 0.198. The fourth-order valence-electron chi connectivity index (χ4n) is 4.37. The van der Waals surface area contributed by atoms with Crippen molar-refractivity contribution >= 4 is 38.4 Å². The molecular weight excluding hydrogens is 563 g/mol. The highest BCUT2D eigenvalue weighted by Gasteiger charge is 2.49. The molecule has 0 radical (unpaired) electrons. The van der Waals surface area contributed by atoms with Gasteiger partial charge >= 0.3 is 15.6 Å². The fourth-order valence-corrected chi connectivity index (χ4v) is 4.82. The Morgan fingerprint density at radius 1 is 1.12 bits per heavy atom. The molecule has 1 aromatic heterocycles. The molecule has 1 amide bonds. The van der Waals surface area contributed by atoms with Crippen molar-refractivity contribution in [2.75, 3.05) is 10.6 Å². The molecule has 0 spiro atoms. The molecule has 1 aliphatic rings. The molecule has 2 N–H and O–H groups in total. The normalized spacial score (nSPS) is 15.5. The van der Waals surface area contributed by atoms with Gasteiger partial charge in [-0.1, -0.05) is 0 Å². The van der Waals surface area contributed by atoms with Crippen LogP contribution in [0.25, 0.3) is 10.9 Å². The molecule has 1 atom stereocenters. The summed E-state index contributed by atoms with van der Waals surface area (Å²) < 4.78 is 101. The van der Waals surface area contributed by atoms with Crippen molar-refractivity contribution < 1.29 is 44.1 Å². The van der Waals surface area contributed by atoms with Gasteiger partial charge in [-0.15, -0.1) is 0 Å². The van der Waals surface area contributed by atoms with Gasteiger partial charge in [0.2, 0.25) is 5.91 Å². The molecule has 3 aromatic rings. The number of aryl methyl sites for hydroxylation is 1. The number of carbonyl (C=O) groups is 1. The SMILES string of the molecule is CC(=O)Nc1cc(C(F)F)cc(C(C)Nc2nc(C)nc3c4c(c(OS(=O)(=O)C(F)(F)F)cc23)OC(C)(C)C4)c1. The van der Waals surface area contributed by atoms with Crippen LogP contribution in [0.2, 0.25) is 0 Å². The maximum absolute atomic E-state index is 13.6. The second-order valence-corrected chi connectivity index (χ2v) is 11.5. The number of rotatable bonds is 7. The number of anilines is 2. The summed E-state index contributed by atoms with van der Waals surface area (Å²) in [6.45, 7) is 7.76. The maximum Gasteiger partial charge on any atom is 0.534 e. The number of fused-ring (bicyclic) bond motifs is 3. The van der Waals surface area contributed by atoms with E-state index in [4.69, 9.17) is 4.74 Å². The van der Waals surface area contributed by atoms with Gasteiger partial charge in [0.25, 0.3) is 6.43 Å². The Morgan fingerprint density at radius 3 is 2.38 bits per heavy atom. The molecule has 0 saturated carbocycles. The van der Waals surface area contributed by atoms with Crippen LogP contribution >= 0.6 is 0 Å². The highest BCUT2D eigenvalue weighted by Crippen LogP contribution is 2.48. The number of nitrogens with zero attached hydrogens (tertiary/aromatic N) is 2. The van der Waals surface area contributed by atoms with Gasteiger partial charge in [-0.05, 0) is 57.5 Å². The van der Waals surface area contributed by atoms with Crippen molar-refractivity contribution in [2.24, 2.45) is 0 Å². The standard InChI is InChI=1S/C25H25F5N4O5S/c1-11(14-6-15(22(26)27)8-16(7-14)34-13(3)35)31-23-17-9-19(39-40(36,37)25(28,29)30)21-18(10-24(4,5)38-21)20(17)32-12(2)33-23/h6-9,11,22H,10H2,1-5H3,(H,34,35)(H,31,32,33). The molecule has 9 nitrogen and oxygen atoms in total. The summed E-state index contributed by atoms with van der Waals surface area (Å²) in [7, 11) is -6.04. The first kappa shape index (κ1) is 29.2. The smallest absolute Gasteiger partial charge is 0.483 e. The number of amides is 1. The van der Waals surface area contributed by atoms with Gasteiger partial charge in [-0.2, -0.15) is 21.6 Å². The Morgan fingerprint density at radius 2 is 1.77 bits per heavy atom. The molecule has 1 unspecified atom stereocenters. The number of halogens is 5. The molecule has 4 rings (SSSR count). The number of alkyl halides is 5. The van der Waals surface area contributed by atoms with Crippen LogP contribution in [0.1, 0.15) is 62.7 Å². The van der Waals surface area contributed by atoms with E-state index in [1.807, 2.05) is 0 Å². The molecule has 40 heavy (non-hydrogen) atoms. The van der Waals surface area contributed by atoms with E-state index in [-0.39, 0.29) is 40.4 Å². The average Bonchev–Trinajstić information content (AvgIpc) is 3.14. The minimum absolute atomic E-state index is 0.0836. The van der Waals surface area contributed by atoms with Gasteiger partial charge in [0.1, 0.15) is 17.2 Å². The summed E-state index contributed by atoms with van der Waals surface area (Å²) in [6.07, 6.45) is -2.66. The van der Waals surface area contributed by atoms with E-state index in [0.29, 0.717) is 16.6 Å². The van der Waals surface area contributed by atoms with E-state index in [1.54, 1.807) is 27.7 Å². The molecule has 0 bridgehead atoms. The molecule has 0 fully saturated rings. The van der Waals surface area contributed by atoms with Crippen molar-refractivity contribution in [3.63, 3.8) is 0 Å². The van der Waals surface area contributed by atoms with E-state index in [2.05, 4.69) is 24.8 Å². The summed E-state index contributed by atoms with van der Waals surface area (Å²) in [5.41, 5.74) is -5.85. The number of nitrogens with one attached hydrogen (secondary N) is 2. The number of ether oxygens (including phenoxy) is 1. The second kappa shape index (κ2) is 10.0. The first-order chi connectivity index (χ1) is 18.4. The van der Waals surface area contributed by atoms with Crippen LogP contribution < -0.4 is 19.6 Å². The Bertz CT molecular complexity index is 1610. The minimum atomic E-state index is -6.04. The van der Waals surface area contributed by atoms with Crippen molar-refractivity contribution in [3.8, 4) is 11.5 Å².